The third-order valence-electron chi connectivity index (χ3n) is 11.6. The van der Waals surface area contributed by atoms with Crippen LogP contribution in [-0.4, -0.2) is 37.1 Å². The Morgan fingerprint density at radius 3 is 1.00 bits per heavy atom. The molecule has 1 N–H and O–H groups in total. The number of rotatable bonds is 49. The summed E-state index contributed by atoms with van der Waals surface area (Å²) in [6.45, 7) is 8.82. The number of hydrogen-bond acceptors (Lipinski definition) is 3. The highest BCUT2D eigenvalue weighted by Gasteiger charge is 2.20. The van der Waals surface area contributed by atoms with Crippen LogP contribution >= 0.6 is 0 Å². The maximum absolute atomic E-state index is 11.2. The Hall–Kier alpha value is -1.68. The minimum Gasteiger partial charge on any atom is -0.390 e. The van der Waals surface area contributed by atoms with Gasteiger partial charge >= 0.3 is 0 Å². The van der Waals surface area contributed by atoms with Crippen molar-refractivity contribution in [3.05, 3.63) is 72.9 Å². The third-order valence-corrected chi connectivity index (χ3v) is 11.6. The van der Waals surface area contributed by atoms with E-state index in [4.69, 9.17) is 9.47 Å². The Morgan fingerprint density at radius 2 is 0.633 bits per heavy atom. The molecule has 0 aromatic heterocycles. The van der Waals surface area contributed by atoms with Crippen LogP contribution in [0.3, 0.4) is 0 Å². The van der Waals surface area contributed by atoms with E-state index in [1.54, 1.807) is 0 Å². The van der Waals surface area contributed by atoms with Gasteiger partial charge in [0, 0.05) is 13.2 Å². The van der Waals surface area contributed by atoms with E-state index in [-0.39, 0.29) is 6.10 Å². The molecule has 0 saturated heterocycles. The Kier molecular flexibility index (Phi) is 52.0. The molecule has 60 heavy (non-hydrogen) atoms. The van der Waals surface area contributed by atoms with Crippen LogP contribution in [0.25, 0.3) is 0 Å². The van der Waals surface area contributed by atoms with Gasteiger partial charge in [0.15, 0.2) is 0 Å². The first-order chi connectivity index (χ1) is 29.8. The van der Waals surface area contributed by atoms with Crippen LogP contribution < -0.4 is 0 Å². The first-order valence-corrected chi connectivity index (χ1v) is 26.5. The smallest absolute Gasteiger partial charge is 0.107 e. The average molecular weight is 837 g/mol. The van der Waals surface area contributed by atoms with Crippen molar-refractivity contribution in [2.75, 3.05) is 19.8 Å². The van der Waals surface area contributed by atoms with Crippen molar-refractivity contribution in [1.82, 2.24) is 0 Å². The number of unbranched alkanes of at least 4 members (excludes halogenated alkanes) is 27. The molecule has 0 heterocycles. The van der Waals surface area contributed by atoms with Gasteiger partial charge in [0.25, 0.3) is 0 Å². The molecule has 0 aliphatic carbocycles. The highest BCUT2D eigenvalue weighted by Crippen LogP contribution is 2.16. The van der Waals surface area contributed by atoms with Crippen LogP contribution in [0.4, 0.5) is 0 Å². The molecule has 0 bridgehead atoms. The van der Waals surface area contributed by atoms with Gasteiger partial charge in [-0.05, 0) is 116 Å². The summed E-state index contributed by atoms with van der Waals surface area (Å²) >= 11 is 0. The van der Waals surface area contributed by atoms with Gasteiger partial charge in [0.05, 0.1) is 12.7 Å². The van der Waals surface area contributed by atoms with E-state index < -0.39 is 6.10 Å². The lowest BCUT2D eigenvalue weighted by Gasteiger charge is -2.23. The van der Waals surface area contributed by atoms with Crippen molar-refractivity contribution in [1.29, 1.82) is 0 Å². The van der Waals surface area contributed by atoms with Crippen molar-refractivity contribution in [3.63, 3.8) is 0 Å². The molecule has 0 aliphatic rings. The summed E-state index contributed by atoms with van der Waals surface area (Å²) < 4.78 is 12.5. The van der Waals surface area contributed by atoms with Gasteiger partial charge in [-0.15, -0.1) is 0 Å². The van der Waals surface area contributed by atoms with Crippen LogP contribution in [0.1, 0.15) is 258 Å². The van der Waals surface area contributed by atoms with Crippen LogP contribution in [0, 0.1) is 0 Å². The fourth-order valence-corrected chi connectivity index (χ4v) is 7.51. The van der Waals surface area contributed by atoms with E-state index in [0.717, 1.165) is 58.2 Å². The molecule has 2 atom stereocenters. The van der Waals surface area contributed by atoms with Crippen molar-refractivity contribution in [2.24, 2.45) is 0 Å². The molecule has 0 aliphatic heterocycles. The highest BCUT2D eigenvalue weighted by atomic mass is 16.5. The third kappa shape index (κ3) is 49.0. The molecule has 3 nitrogen and oxygen atoms in total. The summed E-state index contributed by atoms with van der Waals surface area (Å²) in [6.07, 6.45) is 73.2. The fourth-order valence-electron chi connectivity index (χ4n) is 7.51. The Balaban J connectivity index is 4.23. The SMILES string of the molecule is CCCCCC=CCC=CCCCCCCCCOCC(OCCCCCCCCC=CCC=CCCCCC)C(O)CCCCCCCCC=CCC=CCCCCC. The van der Waals surface area contributed by atoms with Crippen molar-refractivity contribution >= 4 is 0 Å². The summed E-state index contributed by atoms with van der Waals surface area (Å²) in [7, 11) is 0. The van der Waals surface area contributed by atoms with Crippen LogP contribution in [0.5, 0.6) is 0 Å². The van der Waals surface area contributed by atoms with Gasteiger partial charge in [-0.25, -0.2) is 0 Å². The summed E-state index contributed by atoms with van der Waals surface area (Å²) in [5.74, 6) is 0. The lowest BCUT2D eigenvalue weighted by atomic mass is 10.0. The molecule has 0 aromatic carbocycles. The Morgan fingerprint density at radius 1 is 0.333 bits per heavy atom. The van der Waals surface area contributed by atoms with Gasteiger partial charge in [-0.1, -0.05) is 216 Å². The normalized spacial score (nSPS) is 13.6. The molecule has 3 heteroatoms. The van der Waals surface area contributed by atoms with E-state index in [9.17, 15) is 5.11 Å². The van der Waals surface area contributed by atoms with Crippen molar-refractivity contribution < 1.29 is 14.6 Å². The number of hydrogen-bond donors (Lipinski definition) is 1. The topological polar surface area (TPSA) is 38.7 Å². The Bertz CT molecular complexity index is 974. The zero-order valence-electron chi connectivity index (χ0n) is 40.6. The van der Waals surface area contributed by atoms with Gasteiger partial charge < -0.3 is 14.6 Å². The van der Waals surface area contributed by atoms with Crippen LogP contribution in [-0.2, 0) is 9.47 Å². The molecule has 0 radical (unpaired) electrons. The van der Waals surface area contributed by atoms with E-state index in [2.05, 4.69) is 93.7 Å². The monoisotopic (exact) mass is 837 g/mol. The van der Waals surface area contributed by atoms with Gasteiger partial charge in [0.1, 0.15) is 6.10 Å². The fraction of sp³-hybridized carbons (Fsp3) is 0.789. The Labute approximate surface area is 376 Å². The lowest BCUT2D eigenvalue weighted by Crippen LogP contribution is -2.34. The minimum absolute atomic E-state index is 0.203. The average Bonchev–Trinajstić information content (AvgIpc) is 3.26. The van der Waals surface area contributed by atoms with Gasteiger partial charge in [-0.2, -0.15) is 0 Å². The molecule has 0 rings (SSSR count). The van der Waals surface area contributed by atoms with Crippen LogP contribution in [0.15, 0.2) is 72.9 Å². The minimum atomic E-state index is -0.434. The number of allylic oxidation sites excluding steroid dienone is 12. The molecule has 0 saturated carbocycles. The molecular formula is C57H104O3. The quantitative estimate of drug-likeness (QED) is 0.0490. The van der Waals surface area contributed by atoms with Gasteiger partial charge in [-0.3, -0.25) is 0 Å². The van der Waals surface area contributed by atoms with Crippen LogP contribution in [0.2, 0.25) is 0 Å². The van der Waals surface area contributed by atoms with E-state index in [0.29, 0.717) is 6.61 Å². The molecule has 2 unspecified atom stereocenters. The van der Waals surface area contributed by atoms with Crippen molar-refractivity contribution in [2.45, 2.75) is 271 Å². The van der Waals surface area contributed by atoms with Crippen molar-refractivity contribution in [3.8, 4) is 0 Å². The van der Waals surface area contributed by atoms with E-state index in [1.807, 2.05) is 0 Å². The largest absolute Gasteiger partial charge is 0.390 e. The first-order valence-electron chi connectivity index (χ1n) is 26.5. The van der Waals surface area contributed by atoms with E-state index >= 15 is 0 Å². The summed E-state index contributed by atoms with van der Waals surface area (Å²) in [6, 6.07) is 0. The lowest BCUT2D eigenvalue weighted by molar-refractivity contribution is -0.0831. The number of aliphatic hydroxyl groups is 1. The second-order valence-corrected chi connectivity index (χ2v) is 17.6. The van der Waals surface area contributed by atoms with Gasteiger partial charge in [0.2, 0.25) is 0 Å². The predicted molar refractivity (Wildman–Crippen MR) is 269 cm³/mol. The first kappa shape index (κ1) is 58.3. The molecule has 0 aromatic rings. The maximum Gasteiger partial charge on any atom is 0.107 e. The predicted octanol–water partition coefficient (Wildman–Crippen LogP) is 18.6. The molecule has 0 fully saturated rings. The summed E-state index contributed by atoms with van der Waals surface area (Å²) in [4.78, 5) is 0. The second-order valence-electron chi connectivity index (χ2n) is 17.6. The zero-order chi connectivity index (χ0) is 43.3. The summed E-state index contributed by atoms with van der Waals surface area (Å²) in [5, 5.41) is 11.2. The molecule has 0 spiro atoms. The molecule has 0 amide bonds. The maximum atomic E-state index is 11.2. The molecule has 350 valence electrons. The summed E-state index contributed by atoms with van der Waals surface area (Å²) in [5.41, 5.74) is 0. The van der Waals surface area contributed by atoms with E-state index in [1.165, 1.54) is 193 Å². The highest BCUT2D eigenvalue weighted by molar-refractivity contribution is 4.94. The number of aliphatic hydroxyl groups excluding tert-OH is 1. The number of ether oxygens (including phenoxy) is 2. The second kappa shape index (κ2) is 53.5. The standard InChI is InChI=1S/C57H104O3/c1-4-7-10-13-16-19-22-25-28-31-34-37-40-43-46-49-52-56(58)57(60-54-51-48-45-42-39-36-33-30-27-24-21-18-15-12-9-6-3)55-59-53-50-47-44-41-38-35-32-29-26-23-20-17-14-11-8-5-2/h16-21,25-30,56-58H,4-15,22-24,31-55H2,1-3H3. The molecular weight excluding hydrogens is 733 g/mol. The zero-order valence-corrected chi connectivity index (χ0v) is 40.6.